The molecule has 31 heavy (non-hydrogen) atoms. The second-order valence-corrected chi connectivity index (χ2v) is 8.28. The molecule has 0 saturated carbocycles. The topological polar surface area (TPSA) is 96.5 Å². The minimum atomic E-state index is -0.596. The van der Waals surface area contributed by atoms with Gasteiger partial charge in [0, 0.05) is 13.1 Å². The van der Waals surface area contributed by atoms with Gasteiger partial charge in [-0.25, -0.2) is 9.18 Å². The van der Waals surface area contributed by atoms with Gasteiger partial charge < -0.3 is 20.7 Å². The van der Waals surface area contributed by atoms with E-state index in [2.05, 4.69) is 16.0 Å². The Hall–Kier alpha value is -2.78. The van der Waals surface area contributed by atoms with E-state index in [1.807, 2.05) is 13.8 Å². The number of rotatable bonds is 9. The number of halogens is 1. The summed E-state index contributed by atoms with van der Waals surface area (Å²) in [7, 11) is 1.50. The van der Waals surface area contributed by atoms with Gasteiger partial charge in [0.05, 0.1) is 23.6 Å². The minimum absolute atomic E-state index is 0.0330. The van der Waals surface area contributed by atoms with Crippen molar-refractivity contribution in [1.82, 2.24) is 10.6 Å². The molecule has 0 radical (unpaired) electrons. The molecule has 168 valence electrons. The Bertz CT molecular complexity index is 941. The number of benzene rings is 1. The SMILES string of the molecule is CCOC(=O)c1c(NC(=O)CNC(c2ccc(F)cc2)C(C)C)sc(C(=O)NC)c1C. The number of thiophene rings is 1. The molecule has 0 aliphatic carbocycles. The van der Waals surface area contributed by atoms with Crippen molar-refractivity contribution in [2.75, 3.05) is 25.5 Å². The van der Waals surface area contributed by atoms with Crippen LogP contribution >= 0.6 is 11.3 Å². The molecule has 0 aliphatic rings. The molecule has 3 N–H and O–H groups in total. The fourth-order valence-electron chi connectivity index (χ4n) is 3.16. The van der Waals surface area contributed by atoms with Crippen LogP contribution in [0.1, 0.15) is 58.0 Å². The van der Waals surface area contributed by atoms with Crippen LogP contribution in [0.4, 0.5) is 9.39 Å². The Labute approximate surface area is 185 Å². The van der Waals surface area contributed by atoms with Crippen molar-refractivity contribution in [1.29, 1.82) is 0 Å². The van der Waals surface area contributed by atoms with Crippen molar-refractivity contribution in [3.8, 4) is 0 Å². The van der Waals surface area contributed by atoms with Crippen LogP contribution in [0.15, 0.2) is 24.3 Å². The van der Waals surface area contributed by atoms with Crippen LogP contribution in [0.25, 0.3) is 0 Å². The Kier molecular flexibility index (Phi) is 8.70. The third-order valence-electron chi connectivity index (χ3n) is 4.69. The zero-order valence-corrected chi connectivity index (χ0v) is 19.1. The molecule has 1 aromatic carbocycles. The van der Waals surface area contributed by atoms with E-state index in [4.69, 9.17) is 4.74 Å². The van der Waals surface area contributed by atoms with Gasteiger partial charge in [-0.15, -0.1) is 11.3 Å². The number of hydrogen-bond donors (Lipinski definition) is 3. The molecule has 9 heteroatoms. The summed E-state index contributed by atoms with van der Waals surface area (Å²) in [5.41, 5.74) is 1.50. The zero-order chi connectivity index (χ0) is 23.1. The van der Waals surface area contributed by atoms with E-state index >= 15 is 0 Å². The Morgan fingerprint density at radius 2 is 1.81 bits per heavy atom. The van der Waals surface area contributed by atoms with E-state index in [0.29, 0.717) is 10.4 Å². The van der Waals surface area contributed by atoms with Gasteiger partial charge in [-0.3, -0.25) is 9.59 Å². The van der Waals surface area contributed by atoms with Gasteiger partial charge in [0.25, 0.3) is 5.91 Å². The number of amides is 2. The number of ether oxygens (including phenoxy) is 1. The van der Waals surface area contributed by atoms with Crippen LogP contribution in [0.3, 0.4) is 0 Å². The molecule has 1 atom stereocenters. The number of esters is 1. The first-order valence-electron chi connectivity index (χ1n) is 10.0. The van der Waals surface area contributed by atoms with Gasteiger partial charge in [-0.2, -0.15) is 0 Å². The summed E-state index contributed by atoms with van der Waals surface area (Å²) >= 11 is 1.03. The quantitative estimate of drug-likeness (QED) is 0.508. The van der Waals surface area contributed by atoms with Crippen molar-refractivity contribution < 1.29 is 23.5 Å². The largest absolute Gasteiger partial charge is 0.462 e. The molecule has 0 spiro atoms. The summed E-state index contributed by atoms with van der Waals surface area (Å²) in [5.74, 6) is -1.49. The van der Waals surface area contributed by atoms with Gasteiger partial charge in [-0.1, -0.05) is 26.0 Å². The molecule has 0 aliphatic heterocycles. The van der Waals surface area contributed by atoms with Crippen LogP contribution in [-0.2, 0) is 9.53 Å². The van der Waals surface area contributed by atoms with E-state index in [9.17, 15) is 18.8 Å². The Balaban J connectivity index is 2.19. The van der Waals surface area contributed by atoms with Gasteiger partial charge in [-0.05, 0) is 43.0 Å². The highest BCUT2D eigenvalue weighted by Gasteiger charge is 2.26. The molecular formula is C22H28FN3O4S. The molecule has 1 unspecified atom stereocenters. The second kappa shape index (κ2) is 11.0. The highest BCUT2D eigenvalue weighted by atomic mass is 32.1. The standard InChI is InChI=1S/C22H28FN3O4S/c1-6-30-22(29)17-13(4)19(20(28)24-5)31-21(17)26-16(27)11-25-18(12(2)3)14-7-9-15(23)10-8-14/h7-10,12,18,25H,6,11H2,1-5H3,(H,24,28)(H,26,27). The number of carbonyl (C=O) groups is 3. The maximum atomic E-state index is 13.2. The lowest BCUT2D eigenvalue weighted by Gasteiger charge is -2.22. The smallest absolute Gasteiger partial charge is 0.341 e. The first-order valence-corrected chi connectivity index (χ1v) is 10.8. The summed E-state index contributed by atoms with van der Waals surface area (Å²) in [6.45, 7) is 7.46. The monoisotopic (exact) mass is 449 g/mol. The minimum Gasteiger partial charge on any atom is -0.462 e. The molecule has 2 aromatic rings. The van der Waals surface area contributed by atoms with Crippen molar-refractivity contribution in [3.05, 3.63) is 51.7 Å². The van der Waals surface area contributed by atoms with Crippen LogP contribution in [0, 0.1) is 18.7 Å². The van der Waals surface area contributed by atoms with Gasteiger partial charge in [0.15, 0.2) is 0 Å². The molecule has 0 fully saturated rings. The Morgan fingerprint density at radius 3 is 2.35 bits per heavy atom. The van der Waals surface area contributed by atoms with Crippen LogP contribution in [-0.4, -0.2) is 38.0 Å². The number of nitrogens with one attached hydrogen (secondary N) is 3. The predicted octanol–water partition coefficient (Wildman–Crippen LogP) is 3.66. The van der Waals surface area contributed by atoms with Gasteiger partial charge >= 0.3 is 5.97 Å². The molecule has 0 bridgehead atoms. The highest BCUT2D eigenvalue weighted by Crippen LogP contribution is 2.33. The molecule has 0 saturated heterocycles. The van der Waals surface area contributed by atoms with Crippen molar-refractivity contribution >= 4 is 34.1 Å². The summed E-state index contributed by atoms with van der Waals surface area (Å²) in [5, 5.41) is 8.70. The average molecular weight is 450 g/mol. The molecule has 2 rings (SSSR count). The van der Waals surface area contributed by atoms with Crippen molar-refractivity contribution in [2.24, 2.45) is 5.92 Å². The zero-order valence-electron chi connectivity index (χ0n) is 18.3. The summed E-state index contributed by atoms with van der Waals surface area (Å²) < 4.78 is 18.3. The van der Waals surface area contributed by atoms with E-state index in [0.717, 1.165) is 16.9 Å². The molecular weight excluding hydrogens is 421 g/mol. The fourth-order valence-corrected chi connectivity index (χ4v) is 4.32. The van der Waals surface area contributed by atoms with Gasteiger partial charge in [0.2, 0.25) is 5.91 Å². The predicted molar refractivity (Wildman–Crippen MR) is 119 cm³/mol. The fraction of sp³-hybridized carbons (Fsp3) is 0.409. The van der Waals surface area contributed by atoms with Crippen molar-refractivity contribution in [3.63, 3.8) is 0 Å². The molecule has 7 nitrogen and oxygen atoms in total. The summed E-state index contributed by atoms with van der Waals surface area (Å²) in [4.78, 5) is 37.5. The third kappa shape index (κ3) is 6.11. The number of hydrogen-bond acceptors (Lipinski definition) is 6. The maximum Gasteiger partial charge on any atom is 0.341 e. The van der Waals surface area contributed by atoms with E-state index in [1.54, 1.807) is 26.0 Å². The summed E-state index contributed by atoms with van der Waals surface area (Å²) in [6.07, 6.45) is 0. The van der Waals surface area contributed by atoms with Crippen LogP contribution in [0.2, 0.25) is 0 Å². The van der Waals surface area contributed by atoms with Crippen LogP contribution in [0.5, 0.6) is 0 Å². The van der Waals surface area contributed by atoms with E-state index in [-0.39, 0.29) is 53.3 Å². The lowest BCUT2D eigenvalue weighted by molar-refractivity contribution is -0.115. The van der Waals surface area contributed by atoms with Gasteiger partial charge in [0.1, 0.15) is 10.8 Å². The molecule has 1 aromatic heterocycles. The second-order valence-electron chi connectivity index (χ2n) is 7.26. The third-order valence-corrected chi connectivity index (χ3v) is 5.90. The normalized spacial score (nSPS) is 11.8. The highest BCUT2D eigenvalue weighted by molar-refractivity contribution is 7.18. The van der Waals surface area contributed by atoms with E-state index < -0.39 is 5.97 Å². The first kappa shape index (κ1) is 24.5. The van der Waals surface area contributed by atoms with Crippen LogP contribution < -0.4 is 16.0 Å². The summed E-state index contributed by atoms with van der Waals surface area (Å²) in [6, 6.07) is 5.96. The first-order chi connectivity index (χ1) is 14.7. The average Bonchev–Trinajstić information content (AvgIpc) is 3.04. The molecule has 1 heterocycles. The number of anilines is 1. The lowest BCUT2D eigenvalue weighted by atomic mass is 9.96. The van der Waals surface area contributed by atoms with Crippen molar-refractivity contribution in [2.45, 2.75) is 33.7 Å². The number of carbonyl (C=O) groups excluding carboxylic acids is 3. The maximum absolute atomic E-state index is 13.2. The lowest BCUT2D eigenvalue weighted by Crippen LogP contribution is -2.33. The molecule has 2 amide bonds. The Morgan fingerprint density at radius 1 is 1.16 bits per heavy atom. The van der Waals surface area contributed by atoms with E-state index in [1.165, 1.54) is 19.2 Å².